The van der Waals surface area contributed by atoms with E-state index < -0.39 is 11.4 Å². The molecule has 0 aromatic heterocycles. The summed E-state index contributed by atoms with van der Waals surface area (Å²) in [4.78, 5) is 27.1. The molecule has 2 aromatic rings. The van der Waals surface area contributed by atoms with Crippen molar-refractivity contribution < 1.29 is 14.3 Å². The molecule has 3 rings (SSSR count). The average molecular weight is 411 g/mol. The van der Waals surface area contributed by atoms with Gasteiger partial charge in [0, 0.05) is 17.3 Å². The van der Waals surface area contributed by atoms with Crippen LogP contribution in [0.4, 0.5) is 5.69 Å². The summed E-state index contributed by atoms with van der Waals surface area (Å²) in [7, 11) is 0. The van der Waals surface area contributed by atoms with Gasteiger partial charge in [-0.05, 0) is 67.6 Å². The quantitative estimate of drug-likeness (QED) is 0.631. The highest BCUT2D eigenvalue weighted by molar-refractivity contribution is 6.30. The molecule has 1 fully saturated rings. The van der Waals surface area contributed by atoms with Crippen molar-refractivity contribution in [1.29, 1.82) is 5.26 Å². The normalized spacial score (nSPS) is 14.0. The highest BCUT2D eigenvalue weighted by Gasteiger charge is 2.52. The number of carbonyl (C=O) groups excluding carboxylic acids is 2. The van der Waals surface area contributed by atoms with Gasteiger partial charge in [-0.15, -0.1) is 0 Å². The molecule has 0 N–H and O–H groups in total. The number of hydrogen-bond donors (Lipinski definition) is 0. The zero-order chi connectivity index (χ0) is 21.0. The molecule has 1 saturated carbocycles. The lowest BCUT2D eigenvalue weighted by Crippen LogP contribution is -2.37. The maximum atomic E-state index is 12.8. The van der Waals surface area contributed by atoms with E-state index in [0.29, 0.717) is 23.6 Å². The lowest BCUT2D eigenvalue weighted by Gasteiger charge is -2.23. The van der Waals surface area contributed by atoms with E-state index in [1.807, 2.05) is 44.2 Å². The third-order valence-corrected chi connectivity index (χ3v) is 5.38. The summed E-state index contributed by atoms with van der Waals surface area (Å²) < 4.78 is 5.41. The fourth-order valence-electron chi connectivity index (χ4n) is 3.51. The number of nitriles is 1. The van der Waals surface area contributed by atoms with Crippen LogP contribution in [0.1, 0.15) is 36.0 Å². The predicted octanol–water partition coefficient (Wildman–Crippen LogP) is 4.48. The molecule has 6 heteroatoms. The summed E-state index contributed by atoms with van der Waals surface area (Å²) in [5, 5.41) is 9.56. The van der Waals surface area contributed by atoms with Crippen LogP contribution in [0.3, 0.4) is 0 Å². The molecule has 0 saturated heterocycles. The van der Waals surface area contributed by atoms with Crippen molar-refractivity contribution in [3.8, 4) is 6.07 Å². The molecule has 29 heavy (non-hydrogen) atoms. The van der Waals surface area contributed by atoms with Crippen LogP contribution in [0, 0.1) is 25.2 Å². The summed E-state index contributed by atoms with van der Waals surface area (Å²) in [6.07, 6.45) is 1.58. The summed E-state index contributed by atoms with van der Waals surface area (Å²) >= 11 is 5.93. The number of benzene rings is 2. The first-order valence-corrected chi connectivity index (χ1v) is 9.92. The van der Waals surface area contributed by atoms with Crippen molar-refractivity contribution in [2.24, 2.45) is 0 Å². The van der Waals surface area contributed by atoms with E-state index in [-0.39, 0.29) is 25.5 Å². The molecule has 1 amide bonds. The number of ether oxygens (including phenoxy) is 1. The van der Waals surface area contributed by atoms with Crippen molar-refractivity contribution >= 4 is 29.2 Å². The Hall–Kier alpha value is -2.84. The van der Waals surface area contributed by atoms with Crippen LogP contribution < -0.4 is 4.90 Å². The Morgan fingerprint density at radius 1 is 1.14 bits per heavy atom. The Morgan fingerprint density at radius 2 is 1.76 bits per heavy atom. The molecule has 0 bridgehead atoms. The number of carbonyl (C=O) groups is 2. The Labute approximate surface area is 175 Å². The Balaban J connectivity index is 1.70. The maximum absolute atomic E-state index is 12.8. The van der Waals surface area contributed by atoms with E-state index in [0.717, 1.165) is 16.7 Å². The molecule has 0 radical (unpaired) electrons. The Morgan fingerprint density at radius 3 is 2.31 bits per heavy atom. The number of esters is 1. The van der Waals surface area contributed by atoms with E-state index in [9.17, 15) is 9.59 Å². The van der Waals surface area contributed by atoms with Crippen molar-refractivity contribution in [3.63, 3.8) is 0 Å². The molecule has 0 unspecified atom stereocenters. The SMILES string of the molecule is Cc1cc(C)cc(N(CCC#N)C(=O)COC(=O)C2(c3ccc(Cl)cc3)CC2)c1. The average Bonchev–Trinajstić information content (AvgIpc) is 3.48. The zero-order valence-electron chi connectivity index (χ0n) is 16.6. The molecule has 0 atom stereocenters. The van der Waals surface area contributed by atoms with Gasteiger partial charge in [0.2, 0.25) is 0 Å². The summed E-state index contributed by atoms with van der Waals surface area (Å²) in [6.45, 7) is 3.80. The monoisotopic (exact) mass is 410 g/mol. The lowest BCUT2D eigenvalue weighted by molar-refractivity contribution is -0.150. The van der Waals surface area contributed by atoms with Gasteiger partial charge < -0.3 is 9.64 Å². The minimum Gasteiger partial charge on any atom is -0.455 e. The zero-order valence-corrected chi connectivity index (χ0v) is 17.3. The van der Waals surface area contributed by atoms with Crippen LogP contribution in [0.15, 0.2) is 42.5 Å². The van der Waals surface area contributed by atoms with Gasteiger partial charge in [-0.25, -0.2) is 0 Å². The molecular formula is C23H23ClN2O3. The van der Waals surface area contributed by atoms with Crippen molar-refractivity contribution in [1.82, 2.24) is 0 Å². The van der Waals surface area contributed by atoms with Crippen LogP contribution in [-0.4, -0.2) is 25.0 Å². The molecule has 1 aliphatic carbocycles. The van der Waals surface area contributed by atoms with Gasteiger partial charge in [-0.3, -0.25) is 9.59 Å². The van der Waals surface area contributed by atoms with Gasteiger partial charge in [0.25, 0.3) is 5.91 Å². The maximum Gasteiger partial charge on any atom is 0.317 e. The Kier molecular flexibility index (Phi) is 6.24. The number of amides is 1. The minimum atomic E-state index is -0.678. The Bertz CT molecular complexity index is 939. The molecule has 1 aliphatic rings. The van der Waals surface area contributed by atoms with Crippen LogP contribution in [-0.2, 0) is 19.7 Å². The van der Waals surface area contributed by atoms with E-state index in [4.69, 9.17) is 21.6 Å². The number of halogens is 1. The van der Waals surface area contributed by atoms with Crippen LogP contribution in [0.5, 0.6) is 0 Å². The van der Waals surface area contributed by atoms with E-state index in [1.165, 1.54) is 4.90 Å². The second kappa shape index (κ2) is 8.67. The smallest absolute Gasteiger partial charge is 0.317 e. The van der Waals surface area contributed by atoms with Crippen molar-refractivity contribution in [2.45, 2.75) is 38.5 Å². The number of hydrogen-bond acceptors (Lipinski definition) is 4. The fourth-order valence-corrected chi connectivity index (χ4v) is 3.64. The van der Waals surface area contributed by atoms with E-state index >= 15 is 0 Å². The number of rotatable bonds is 7. The van der Waals surface area contributed by atoms with Crippen LogP contribution in [0.2, 0.25) is 5.02 Å². The first-order valence-electron chi connectivity index (χ1n) is 9.54. The van der Waals surface area contributed by atoms with Crippen molar-refractivity contribution in [2.75, 3.05) is 18.1 Å². The first-order chi connectivity index (χ1) is 13.9. The van der Waals surface area contributed by atoms with E-state index in [1.54, 1.807) is 12.1 Å². The van der Waals surface area contributed by atoms with Gasteiger partial charge in [0.05, 0.1) is 17.9 Å². The highest BCUT2D eigenvalue weighted by Crippen LogP contribution is 2.49. The predicted molar refractivity (Wildman–Crippen MR) is 112 cm³/mol. The molecule has 0 aliphatic heterocycles. The van der Waals surface area contributed by atoms with E-state index in [2.05, 4.69) is 6.07 Å². The summed E-state index contributed by atoms with van der Waals surface area (Å²) in [6, 6.07) is 15.0. The van der Waals surface area contributed by atoms with Gasteiger partial charge >= 0.3 is 5.97 Å². The van der Waals surface area contributed by atoms with Crippen LogP contribution in [0.25, 0.3) is 0 Å². The van der Waals surface area contributed by atoms with Crippen LogP contribution >= 0.6 is 11.6 Å². The number of nitrogens with zero attached hydrogens (tertiary/aromatic N) is 2. The van der Waals surface area contributed by atoms with Gasteiger partial charge in [0.15, 0.2) is 6.61 Å². The number of anilines is 1. The number of aryl methyl sites for hydroxylation is 2. The third-order valence-electron chi connectivity index (χ3n) is 5.13. The molecule has 0 spiro atoms. The standard InChI is InChI=1S/C23H23ClN2O3/c1-16-12-17(2)14-20(13-16)26(11-3-10-25)21(27)15-29-22(28)23(8-9-23)18-4-6-19(24)7-5-18/h4-7,12-14H,3,8-9,11,15H2,1-2H3. The topological polar surface area (TPSA) is 70.4 Å². The van der Waals surface area contributed by atoms with Gasteiger partial charge in [-0.1, -0.05) is 29.8 Å². The molecule has 5 nitrogen and oxygen atoms in total. The first kappa shape index (κ1) is 20.9. The second-order valence-electron chi connectivity index (χ2n) is 7.46. The highest BCUT2D eigenvalue weighted by atomic mass is 35.5. The third kappa shape index (κ3) is 4.78. The lowest BCUT2D eigenvalue weighted by atomic mass is 9.96. The summed E-state index contributed by atoms with van der Waals surface area (Å²) in [5.74, 6) is -0.737. The molecule has 2 aromatic carbocycles. The molecule has 150 valence electrons. The minimum absolute atomic E-state index is 0.196. The largest absolute Gasteiger partial charge is 0.455 e. The fraction of sp³-hybridized carbons (Fsp3) is 0.348. The van der Waals surface area contributed by atoms with Gasteiger partial charge in [-0.2, -0.15) is 5.26 Å². The summed E-state index contributed by atoms with van der Waals surface area (Å²) in [5.41, 5.74) is 2.92. The second-order valence-corrected chi connectivity index (χ2v) is 7.90. The molecular weight excluding hydrogens is 388 g/mol. The van der Waals surface area contributed by atoms with Gasteiger partial charge in [0.1, 0.15) is 0 Å². The molecule has 0 heterocycles. The van der Waals surface area contributed by atoms with Crippen molar-refractivity contribution in [3.05, 3.63) is 64.2 Å².